The Hall–Kier alpha value is -3.65. The van der Waals surface area contributed by atoms with Gasteiger partial charge in [0.1, 0.15) is 5.75 Å². The lowest BCUT2D eigenvalue weighted by Crippen LogP contribution is -2.27. The molecule has 0 fully saturated rings. The topological polar surface area (TPSA) is 26.3 Å². The second-order valence-electron chi connectivity index (χ2n) is 8.07. The Balaban J connectivity index is 1.68. The van der Waals surface area contributed by atoms with Crippen LogP contribution in [0.15, 0.2) is 109 Å². The van der Waals surface area contributed by atoms with Gasteiger partial charge in [-0.15, -0.1) is 0 Å². The molecule has 0 saturated carbocycles. The monoisotopic (exact) mass is 404 g/mol. The number of methoxy groups -OCH3 is 1. The lowest BCUT2D eigenvalue weighted by molar-refractivity contribution is 0.0955. The second-order valence-corrected chi connectivity index (χ2v) is 8.07. The molecule has 0 aliphatic heterocycles. The average Bonchev–Trinajstić information content (AvgIpc) is 3.21. The van der Waals surface area contributed by atoms with Gasteiger partial charge in [0.15, 0.2) is 5.78 Å². The minimum absolute atomic E-state index is 0.156. The van der Waals surface area contributed by atoms with E-state index in [-0.39, 0.29) is 17.1 Å². The van der Waals surface area contributed by atoms with Crippen LogP contribution < -0.4 is 4.74 Å². The number of fused-ring (bicyclic) bond motifs is 1. The lowest BCUT2D eigenvalue weighted by atomic mass is 9.69. The van der Waals surface area contributed by atoms with E-state index in [0.717, 1.165) is 16.9 Å². The number of carbonyl (C=O) groups is 1. The van der Waals surface area contributed by atoms with Gasteiger partial charge in [0, 0.05) is 16.9 Å². The van der Waals surface area contributed by atoms with Gasteiger partial charge in [-0.2, -0.15) is 0 Å². The first-order valence-corrected chi connectivity index (χ1v) is 10.6. The van der Waals surface area contributed by atoms with Crippen LogP contribution in [0.25, 0.3) is 0 Å². The molecule has 0 saturated heterocycles. The normalized spacial score (nSPS) is 16.5. The van der Waals surface area contributed by atoms with Crippen LogP contribution in [0.4, 0.5) is 0 Å². The molecule has 2 heteroatoms. The Kier molecular flexibility index (Phi) is 4.91. The third-order valence-corrected chi connectivity index (χ3v) is 6.53. The highest BCUT2D eigenvalue weighted by Gasteiger charge is 2.48. The van der Waals surface area contributed by atoms with E-state index in [0.29, 0.717) is 6.42 Å². The summed E-state index contributed by atoms with van der Waals surface area (Å²) in [6, 6.07) is 37.1. The zero-order chi connectivity index (χ0) is 21.3. The van der Waals surface area contributed by atoms with Crippen LogP contribution in [-0.2, 0) is 5.41 Å². The van der Waals surface area contributed by atoms with Crippen molar-refractivity contribution in [3.05, 3.63) is 137 Å². The van der Waals surface area contributed by atoms with Crippen molar-refractivity contribution in [1.29, 1.82) is 0 Å². The van der Waals surface area contributed by atoms with Crippen LogP contribution in [0.5, 0.6) is 5.75 Å². The van der Waals surface area contributed by atoms with Crippen molar-refractivity contribution in [2.24, 2.45) is 0 Å². The van der Waals surface area contributed by atoms with Crippen LogP contribution in [0.3, 0.4) is 0 Å². The standard InChI is InChI=1S/C29H24O2/c1-31-24-18-16-21(17-19-24)28(30)26-20-29(22-10-4-2-5-11-22,23-12-6-3-7-13-23)27-15-9-8-14-25(26)27/h2-19,26H,20H2,1H3. The van der Waals surface area contributed by atoms with Gasteiger partial charge in [-0.05, 0) is 52.9 Å². The molecule has 31 heavy (non-hydrogen) atoms. The summed E-state index contributed by atoms with van der Waals surface area (Å²) in [5.74, 6) is 0.708. The number of ether oxygens (including phenoxy) is 1. The van der Waals surface area contributed by atoms with Crippen molar-refractivity contribution in [2.45, 2.75) is 17.8 Å². The number of benzene rings is 4. The molecule has 4 aromatic carbocycles. The summed E-state index contributed by atoms with van der Waals surface area (Å²) >= 11 is 0. The predicted molar refractivity (Wildman–Crippen MR) is 124 cm³/mol. The molecule has 1 unspecified atom stereocenters. The Morgan fingerprint density at radius 3 is 1.87 bits per heavy atom. The highest BCUT2D eigenvalue weighted by atomic mass is 16.5. The third kappa shape index (κ3) is 3.16. The minimum atomic E-state index is -0.355. The maximum atomic E-state index is 13.7. The summed E-state index contributed by atoms with van der Waals surface area (Å²) < 4.78 is 5.27. The molecule has 0 spiro atoms. The van der Waals surface area contributed by atoms with Crippen LogP contribution in [0.1, 0.15) is 45.0 Å². The Labute approximate surface area is 183 Å². The summed E-state index contributed by atoms with van der Waals surface area (Å²) in [6.07, 6.45) is 0.714. The van der Waals surface area contributed by atoms with Gasteiger partial charge in [-0.1, -0.05) is 84.9 Å². The van der Waals surface area contributed by atoms with Gasteiger partial charge in [0.2, 0.25) is 0 Å². The quantitative estimate of drug-likeness (QED) is 0.360. The van der Waals surface area contributed by atoms with E-state index >= 15 is 0 Å². The second kappa shape index (κ2) is 7.88. The first kappa shape index (κ1) is 19.3. The van der Waals surface area contributed by atoms with Crippen LogP contribution >= 0.6 is 0 Å². The fourth-order valence-corrected chi connectivity index (χ4v) is 5.06. The smallest absolute Gasteiger partial charge is 0.170 e. The molecule has 4 aromatic rings. The molecule has 0 amide bonds. The molecule has 5 rings (SSSR count). The highest BCUT2D eigenvalue weighted by Crippen LogP contribution is 2.54. The Morgan fingerprint density at radius 2 is 1.29 bits per heavy atom. The number of carbonyl (C=O) groups excluding carboxylic acids is 1. The lowest BCUT2D eigenvalue weighted by Gasteiger charge is -2.32. The maximum Gasteiger partial charge on any atom is 0.170 e. The molecule has 0 heterocycles. The number of rotatable bonds is 5. The zero-order valence-corrected chi connectivity index (χ0v) is 17.5. The molecule has 2 nitrogen and oxygen atoms in total. The average molecular weight is 405 g/mol. The molecule has 0 aromatic heterocycles. The maximum absolute atomic E-state index is 13.7. The number of hydrogen-bond donors (Lipinski definition) is 0. The number of Topliss-reactive ketones (excluding diaryl/α,β-unsaturated/α-hetero) is 1. The van der Waals surface area contributed by atoms with E-state index < -0.39 is 0 Å². The molecule has 1 aliphatic rings. The molecule has 152 valence electrons. The van der Waals surface area contributed by atoms with Gasteiger partial charge >= 0.3 is 0 Å². The first-order chi connectivity index (χ1) is 15.2. The predicted octanol–water partition coefficient (Wildman–Crippen LogP) is 6.40. The molecule has 0 radical (unpaired) electrons. The summed E-state index contributed by atoms with van der Waals surface area (Å²) in [6.45, 7) is 0. The minimum Gasteiger partial charge on any atom is -0.497 e. The Bertz CT molecular complexity index is 1150. The zero-order valence-electron chi connectivity index (χ0n) is 17.5. The summed E-state index contributed by atoms with van der Waals surface area (Å²) in [4.78, 5) is 13.7. The fourth-order valence-electron chi connectivity index (χ4n) is 5.06. The van der Waals surface area contributed by atoms with Crippen molar-refractivity contribution in [3.8, 4) is 5.75 Å². The Morgan fingerprint density at radius 1 is 0.742 bits per heavy atom. The highest BCUT2D eigenvalue weighted by molar-refractivity contribution is 6.02. The SMILES string of the molecule is COc1ccc(C(=O)C2CC(c3ccccc3)(c3ccccc3)c3ccccc32)cc1. The first-order valence-electron chi connectivity index (χ1n) is 10.6. The molecule has 0 bridgehead atoms. The van der Waals surface area contributed by atoms with E-state index in [4.69, 9.17) is 4.74 Å². The van der Waals surface area contributed by atoms with Crippen LogP contribution in [0, 0.1) is 0 Å². The van der Waals surface area contributed by atoms with Crippen LogP contribution in [-0.4, -0.2) is 12.9 Å². The molecular weight excluding hydrogens is 380 g/mol. The van der Waals surface area contributed by atoms with Gasteiger partial charge in [-0.3, -0.25) is 4.79 Å². The van der Waals surface area contributed by atoms with Gasteiger partial charge < -0.3 is 4.74 Å². The number of hydrogen-bond acceptors (Lipinski definition) is 2. The van der Waals surface area contributed by atoms with E-state index in [2.05, 4.69) is 66.7 Å². The van der Waals surface area contributed by atoms with Crippen molar-refractivity contribution < 1.29 is 9.53 Å². The largest absolute Gasteiger partial charge is 0.497 e. The molecule has 1 aliphatic carbocycles. The van der Waals surface area contributed by atoms with Crippen LogP contribution in [0.2, 0.25) is 0 Å². The summed E-state index contributed by atoms with van der Waals surface area (Å²) in [5.41, 5.74) is 5.15. The summed E-state index contributed by atoms with van der Waals surface area (Å²) in [7, 11) is 1.64. The van der Waals surface area contributed by atoms with Crippen molar-refractivity contribution in [2.75, 3.05) is 7.11 Å². The van der Waals surface area contributed by atoms with E-state index in [9.17, 15) is 4.79 Å². The molecular formula is C29H24O2. The fraction of sp³-hybridized carbons (Fsp3) is 0.138. The molecule has 1 atom stereocenters. The van der Waals surface area contributed by atoms with E-state index in [1.165, 1.54) is 16.7 Å². The van der Waals surface area contributed by atoms with Crippen molar-refractivity contribution in [3.63, 3.8) is 0 Å². The van der Waals surface area contributed by atoms with E-state index in [1.54, 1.807) is 7.11 Å². The van der Waals surface area contributed by atoms with Crippen molar-refractivity contribution in [1.82, 2.24) is 0 Å². The van der Waals surface area contributed by atoms with Gasteiger partial charge in [-0.25, -0.2) is 0 Å². The number of ketones is 1. The van der Waals surface area contributed by atoms with E-state index in [1.807, 2.05) is 42.5 Å². The van der Waals surface area contributed by atoms with Gasteiger partial charge in [0.25, 0.3) is 0 Å². The molecule has 0 N–H and O–H groups in total. The van der Waals surface area contributed by atoms with Gasteiger partial charge in [0.05, 0.1) is 7.11 Å². The van der Waals surface area contributed by atoms with Crippen molar-refractivity contribution >= 4 is 5.78 Å². The third-order valence-electron chi connectivity index (χ3n) is 6.53. The summed E-state index contributed by atoms with van der Waals surface area (Å²) in [5, 5.41) is 0.